The minimum absolute atomic E-state index is 0.00260. The number of likely N-dealkylation sites (tertiary alicyclic amines) is 1. The molecule has 1 heterocycles. The molecular formula is C25H29NO4. The first-order valence-corrected chi connectivity index (χ1v) is 10.4. The zero-order valence-corrected chi connectivity index (χ0v) is 18.2. The Morgan fingerprint density at radius 2 is 1.87 bits per heavy atom. The lowest BCUT2D eigenvalue weighted by Gasteiger charge is -2.25. The Balaban J connectivity index is 2.20. The summed E-state index contributed by atoms with van der Waals surface area (Å²) in [6.07, 6.45) is 0.701. The fraction of sp³-hybridized carbons (Fsp3) is 0.360. The first kappa shape index (κ1) is 21.6. The van der Waals surface area contributed by atoms with Crippen molar-refractivity contribution in [3.8, 4) is 5.75 Å². The number of hydrogen-bond donors (Lipinski definition) is 1. The largest absolute Gasteiger partial charge is 0.507 e. The van der Waals surface area contributed by atoms with Crippen molar-refractivity contribution in [2.45, 2.75) is 53.2 Å². The Kier molecular flexibility index (Phi) is 6.30. The second kappa shape index (κ2) is 8.74. The van der Waals surface area contributed by atoms with Crippen LogP contribution in [0.2, 0.25) is 0 Å². The number of nitrogens with zero attached hydrogens (tertiary/aromatic N) is 1. The number of ketones is 1. The number of ether oxygens (including phenoxy) is 1. The Labute approximate surface area is 178 Å². The molecule has 0 bridgehead atoms. The highest BCUT2D eigenvalue weighted by atomic mass is 16.5. The van der Waals surface area contributed by atoms with Crippen molar-refractivity contribution in [3.05, 3.63) is 70.3 Å². The van der Waals surface area contributed by atoms with Gasteiger partial charge in [0.25, 0.3) is 11.7 Å². The molecule has 0 saturated carbocycles. The van der Waals surface area contributed by atoms with Gasteiger partial charge in [-0.2, -0.15) is 0 Å². The van der Waals surface area contributed by atoms with Gasteiger partial charge in [-0.3, -0.25) is 9.59 Å². The summed E-state index contributed by atoms with van der Waals surface area (Å²) < 4.78 is 5.81. The van der Waals surface area contributed by atoms with Gasteiger partial charge in [-0.25, -0.2) is 0 Å². The van der Waals surface area contributed by atoms with E-state index in [2.05, 4.69) is 0 Å². The normalized spacial score (nSPS) is 18.3. The van der Waals surface area contributed by atoms with Crippen molar-refractivity contribution in [1.82, 2.24) is 4.90 Å². The topological polar surface area (TPSA) is 66.8 Å². The monoisotopic (exact) mass is 407 g/mol. The molecule has 0 spiro atoms. The minimum Gasteiger partial charge on any atom is -0.507 e. The zero-order valence-electron chi connectivity index (χ0n) is 18.2. The smallest absolute Gasteiger partial charge is 0.295 e. The van der Waals surface area contributed by atoms with Crippen LogP contribution < -0.4 is 4.74 Å². The molecule has 0 aromatic heterocycles. The molecule has 158 valence electrons. The molecule has 0 radical (unpaired) electrons. The Hall–Kier alpha value is -3.08. The number of aryl methyl sites for hydroxylation is 2. The van der Waals surface area contributed by atoms with Crippen molar-refractivity contribution in [1.29, 1.82) is 0 Å². The maximum absolute atomic E-state index is 13.0. The molecule has 1 aliphatic rings. The van der Waals surface area contributed by atoms with Crippen molar-refractivity contribution in [3.63, 3.8) is 0 Å². The van der Waals surface area contributed by atoms with Crippen LogP contribution in [0.25, 0.3) is 5.76 Å². The van der Waals surface area contributed by atoms with Gasteiger partial charge in [0.1, 0.15) is 11.5 Å². The highest BCUT2D eigenvalue weighted by molar-refractivity contribution is 6.46. The standard InChI is InChI=1S/C25H29NO4/c1-6-12-26-22(18-8-7-9-19(14-18)30-15(2)3)21(24(28)25(26)29)23(27)20-13-16(4)10-11-17(20)5/h7-11,13-15,22,27H,6,12H2,1-5H3/b23-21+. The lowest BCUT2D eigenvalue weighted by molar-refractivity contribution is -0.139. The molecule has 5 heteroatoms. The first-order valence-electron chi connectivity index (χ1n) is 10.4. The zero-order chi connectivity index (χ0) is 22.0. The third-order valence-electron chi connectivity index (χ3n) is 5.20. The Morgan fingerprint density at radius 1 is 1.13 bits per heavy atom. The molecule has 1 fully saturated rings. The third-order valence-corrected chi connectivity index (χ3v) is 5.20. The summed E-state index contributed by atoms with van der Waals surface area (Å²) in [6, 6.07) is 12.4. The molecule has 0 aliphatic carbocycles. The van der Waals surface area contributed by atoms with Crippen LogP contribution in [0.15, 0.2) is 48.0 Å². The number of hydrogen-bond acceptors (Lipinski definition) is 4. The number of Topliss-reactive ketones (excluding diaryl/α,β-unsaturated/α-hetero) is 1. The highest BCUT2D eigenvalue weighted by Crippen LogP contribution is 2.40. The van der Waals surface area contributed by atoms with Gasteiger partial charge in [0.2, 0.25) is 0 Å². The van der Waals surface area contributed by atoms with E-state index in [1.165, 1.54) is 0 Å². The molecule has 2 aromatic carbocycles. The van der Waals surface area contributed by atoms with Gasteiger partial charge < -0.3 is 14.7 Å². The van der Waals surface area contributed by atoms with E-state index in [0.29, 0.717) is 24.3 Å². The van der Waals surface area contributed by atoms with Crippen LogP contribution in [0.1, 0.15) is 55.5 Å². The summed E-state index contributed by atoms with van der Waals surface area (Å²) in [5, 5.41) is 11.2. The molecular weight excluding hydrogens is 378 g/mol. The van der Waals surface area contributed by atoms with E-state index < -0.39 is 17.7 Å². The number of amides is 1. The number of carbonyl (C=O) groups excluding carboxylic acids is 2. The summed E-state index contributed by atoms with van der Waals surface area (Å²) >= 11 is 0. The first-order chi connectivity index (χ1) is 14.2. The van der Waals surface area contributed by atoms with E-state index in [9.17, 15) is 14.7 Å². The lowest BCUT2D eigenvalue weighted by atomic mass is 9.93. The number of benzene rings is 2. The van der Waals surface area contributed by atoms with Crippen molar-refractivity contribution in [2.24, 2.45) is 0 Å². The predicted octanol–water partition coefficient (Wildman–Crippen LogP) is 4.92. The van der Waals surface area contributed by atoms with E-state index in [4.69, 9.17) is 4.74 Å². The van der Waals surface area contributed by atoms with E-state index in [0.717, 1.165) is 16.7 Å². The van der Waals surface area contributed by atoms with E-state index >= 15 is 0 Å². The predicted molar refractivity (Wildman–Crippen MR) is 117 cm³/mol. The van der Waals surface area contributed by atoms with Crippen LogP contribution >= 0.6 is 0 Å². The number of aliphatic hydroxyl groups excluding tert-OH is 1. The number of carbonyl (C=O) groups is 2. The number of aliphatic hydroxyl groups is 1. The van der Waals surface area contributed by atoms with Gasteiger partial charge >= 0.3 is 0 Å². The van der Waals surface area contributed by atoms with Gasteiger partial charge in [-0.05, 0) is 63.4 Å². The average molecular weight is 408 g/mol. The van der Waals surface area contributed by atoms with Crippen LogP contribution in [-0.2, 0) is 9.59 Å². The molecule has 30 heavy (non-hydrogen) atoms. The van der Waals surface area contributed by atoms with Gasteiger partial charge in [0, 0.05) is 12.1 Å². The molecule has 1 aliphatic heterocycles. The molecule has 1 amide bonds. The maximum Gasteiger partial charge on any atom is 0.295 e. The summed E-state index contributed by atoms with van der Waals surface area (Å²) in [5.41, 5.74) is 3.25. The molecule has 1 N–H and O–H groups in total. The van der Waals surface area contributed by atoms with E-state index in [1.807, 2.05) is 77.1 Å². The molecule has 3 rings (SSSR count). The van der Waals surface area contributed by atoms with Crippen molar-refractivity contribution < 1.29 is 19.4 Å². The Morgan fingerprint density at radius 3 is 2.53 bits per heavy atom. The lowest BCUT2D eigenvalue weighted by Crippen LogP contribution is -2.30. The molecule has 2 aromatic rings. The van der Waals surface area contributed by atoms with Crippen LogP contribution in [0.4, 0.5) is 0 Å². The second-order valence-corrected chi connectivity index (χ2v) is 8.05. The minimum atomic E-state index is -0.652. The molecule has 1 atom stereocenters. The molecule has 5 nitrogen and oxygen atoms in total. The maximum atomic E-state index is 13.0. The third kappa shape index (κ3) is 4.11. The summed E-state index contributed by atoms with van der Waals surface area (Å²) in [4.78, 5) is 27.4. The quantitative estimate of drug-likeness (QED) is 0.419. The fourth-order valence-corrected chi connectivity index (χ4v) is 3.86. The van der Waals surface area contributed by atoms with Crippen LogP contribution in [0, 0.1) is 13.8 Å². The fourth-order valence-electron chi connectivity index (χ4n) is 3.86. The van der Waals surface area contributed by atoms with Gasteiger partial charge in [-0.15, -0.1) is 0 Å². The van der Waals surface area contributed by atoms with Crippen LogP contribution in [0.5, 0.6) is 5.75 Å². The Bertz CT molecular complexity index is 1010. The second-order valence-electron chi connectivity index (χ2n) is 8.05. The van der Waals surface area contributed by atoms with E-state index in [1.54, 1.807) is 4.90 Å². The van der Waals surface area contributed by atoms with Crippen LogP contribution in [-0.4, -0.2) is 34.3 Å². The summed E-state index contributed by atoms with van der Waals surface area (Å²) in [7, 11) is 0. The van der Waals surface area contributed by atoms with Crippen LogP contribution in [0.3, 0.4) is 0 Å². The SMILES string of the molecule is CCCN1C(=O)C(=O)/C(=C(/O)c2cc(C)ccc2C)C1c1cccc(OC(C)C)c1. The van der Waals surface area contributed by atoms with Crippen molar-refractivity contribution in [2.75, 3.05) is 6.54 Å². The average Bonchev–Trinajstić information content (AvgIpc) is 2.94. The van der Waals surface area contributed by atoms with Gasteiger partial charge in [-0.1, -0.05) is 36.8 Å². The summed E-state index contributed by atoms with van der Waals surface area (Å²) in [6.45, 7) is 10.1. The highest BCUT2D eigenvalue weighted by Gasteiger charge is 2.45. The molecule has 1 saturated heterocycles. The van der Waals surface area contributed by atoms with E-state index in [-0.39, 0.29) is 17.4 Å². The van der Waals surface area contributed by atoms with Crippen molar-refractivity contribution >= 4 is 17.4 Å². The number of rotatable bonds is 6. The van der Waals surface area contributed by atoms with Gasteiger partial charge in [0.05, 0.1) is 17.7 Å². The van der Waals surface area contributed by atoms with Gasteiger partial charge in [0.15, 0.2) is 0 Å². The summed E-state index contributed by atoms with van der Waals surface area (Å²) in [5.74, 6) is -0.699. The molecule has 1 unspecified atom stereocenters.